The minimum atomic E-state index is -0.811. The van der Waals surface area contributed by atoms with Crippen LogP contribution in [0.1, 0.15) is 11.1 Å². The molecule has 2 amide bonds. The second kappa shape index (κ2) is 6.18. The third-order valence-corrected chi connectivity index (χ3v) is 3.95. The molecule has 0 bridgehead atoms. The number of ether oxygens (including phenoxy) is 1. The molecule has 0 radical (unpaired) electrons. The molecule has 1 aliphatic heterocycles. The Morgan fingerprint density at radius 2 is 1.88 bits per heavy atom. The van der Waals surface area contributed by atoms with Crippen molar-refractivity contribution in [1.29, 1.82) is 5.26 Å². The highest BCUT2D eigenvalue weighted by Crippen LogP contribution is 2.29. The van der Waals surface area contributed by atoms with Gasteiger partial charge in [0.1, 0.15) is 5.75 Å². The summed E-state index contributed by atoms with van der Waals surface area (Å²) in [6, 6.07) is 12.6. The summed E-state index contributed by atoms with van der Waals surface area (Å²) in [5, 5.41) is 18.3. The van der Waals surface area contributed by atoms with Crippen LogP contribution in [0, 0.1) is 11.3 Å². The van der Waals surface area contributed by atoms with Crippen LogP contribution in [0.5, 0.6) is 5.75 Å². The van der Waals surface area contributed by atoms with Crippen LogP contribution in [0.3, 0.4) is 0 Å². The Morgan fingerprint density at radius 3 is 2.50 bits per heavy atom. The van der Waals surface area contributed by atoms with E-state index in [9.17, 15) is 14.7 Å². The van der Waals surface area contributed by atoms with Gasteiger partial charge < -0.3 is 9.84 Å². The fourth-order valence-electron chi connectivity index (χ4n) is 2.14. The van der Waals surface area contributed by atoms with Gasteiger partial charge in [-0.05, 0) is 64.0 Å². The minimum absolute atomic E-state index is 0.0612. The number of cyclic esters (lactones) is 1. The zero-order chi connectivity index (χ0) is 17.3. The average Bonchev–Trinajstić information content (AvgIpc) is 2.85. The summed E-state index contributed by atoms with van der Waals surface area (Å²) in [7, 11) is 0. The Bertz CT molecular complexity index is 913. The molecule has 7 heteroatoms. The zero-order valence-electron chi connectivity index (χ0n) is 12.1. The molecule has 1 aliphatic rings. The van der Waals surface area contributed by atoms with Crippen molar-refractivity contribution in [3.05, 3.63) is 63.8 Å². The topological polar surface area (TPSA) is 90.6 Å². The summed E-state index contributed by atoms with van der Waals surface area (Å²) in [6.07, 6.45) is 0.600. The lowest BCUT2D eigenvalue weighted by atomic mass is 10.2. The summed E-state index contributed by atoms with van der Waals surface area (Å²) < 4.78 is 5.48. The molecule has 1 saturated heterocycles. The highest BCUT2D eigenvalue weighted by atomic mass is 79.9. The Kier molecular flexibility index (Phi) is 4.06. The number of carbonyl (C=O) groups is 2. The number of hydrogen-bond donors (Lipinski definition) is 1. The van der Waals surface area contributed by atoms with E-state index in [2.05, 4.69) is 15.9 Å². The molecule has 1 N–H and O–H groups in total. The molecular weight excluding hydrogens is 376 g/mol. The van der Waals surface area contributed by atoms with Gasteiger partial charge in [-0.1, -0.05) is 6.07 Å². The van der Waals surface area contributed by atoms with Gasteiger partial charge in [-0.3, -0.25) is 4.79 Å². The lowest BCUT2D eigenvalue weighted by Gasteiger charge is -2.09. The van der Waals surface area contributed by atoms with Crippen molar-refractivity contribution in [1.82, 2.24) is 0 Å². The first kappa shape index (κ1) is 15.8. The largest absolute Gasteiger partial charge is 0.507 e. The number of phenolic OH excluding ortho intramolecular Hbond substituents is 1. The number of halogens is 1. The highest BCUT2D eigenvalue weighted by Gasteiger charge is 2.37. The Balaban J connectivity index is 1.92. The van der Waals surface area contributed by atoms with Gasteiger partial charge >= 0.3 is 12.0 Å². The van der Waals surface area contributed by atoms with Crippen molar-refractivity contribution in [3.8, 4) is 11.8 Å². The van der Waals surface area contributed by atoms with Crippen LogP contribution in [-0.2, 0) is 9.53 Å². The van der Waals surface area contributed by atoms with E-state index < -0.39 is 12.0 Å². The third kappa shape index (κ3) is 2.87. The van der Waals surface area contributed by atoms with Crippen LogP contribution in [0.15, 0.2) is 52.7 Å². The number of nitrogens with zero attached hydrogens (tertiary/aromatic N) is 2. The van der Waals surface area contributed by atoms with Gasteiger partial charge in [0.25, 0.3) is 0 Å². The van der Waals surface area contributed by atoms with E-state index in [1.54, 1.807) is 12.1 Å². The normalized spacial score (nSPS) is 15.5. The fraction of sp³-hybridized carbons (Fsp3) is 0. The van der Waals surface area contributed by atoms with E-state index in [1.807, 2.05) is 6.07 Å². The predicted molar refractivity (Wildman–Crippen MR) is 88.9 cm³/mol. The smallest absolute Gasteiger partial charge is 0.427 e. The molecule has 24 heavy (non-hydrogen) atoms. The van der Waals surface area contributed by atoms with E-state index in [1.165, 1.54) is 36.4 Å². The lowest BCUT2D eigenvalue weighted by molar-refractivity contribution is -0.114. The maximum Gasteiger partial charge on any atom is 0.427 e. The first-order valence-corrected chi connectivity index (χ1v) is 7.55. The van der Waals surface area contributed by atoms with Crippen molar-refractivity contribution >= 4 is 39.7 Å². The van der Waals surface area contributed by atoms with Gasteiger partial charge in [-0.2, -0.15) is 5.26 Å². The summed E-state index contributed by atoms with van der Waals surface area (Å²) in [6.45, 7) is 0. The second-order valence-corrected chi connectivity index (χ2v) is 5.74. The van der Waals surface area contributed by atoms with Crippen LogP contribution < -0.4 is 4.90 Å². The van der Waals surface area contributed by atoms with Gasteiger partial charge in [0, 0.05) is 0 Å². The first-order chi connectivity index (χ1) is 11.5. The van der Waals surface area contributed by atoms with Gasteiger partial charge in [-0.15, -0.1) is 0 Å². The molecule has 1 heterocycles. The lowest BCUT2D eigenvalue weighted by Crippen LogP contribution is -2.28. The monoisotopic (exact) mass is 384 g/mol. The zero-order valence-corrected chi connectivity index (χ0v) is 13.6. The van der Waals surface area contributed by atoms with Crippen LogP contribution >= 0.6 is 15.9 Å². The summed E-state index contributed by atoms with van der Waals surface area (Å²) >= 11 is 3.18. The summed E-state index contributed by atoms with van der Waals surface area (Å²) in [4.78, 5) is 25.3. The average molecular weight is 385 g/mol. The van der Waals surface area contributed by atoms with E-state index >= 15 is 0 Å². The SMILES string of the molecule is N#Cc1ccc(N2C(=O)OC(=Cc3ccc(O)c(Br)c3)C2=O)cc1. The maximum atomic E-state index is 12.4. The number of amides is 2. The molecule has 6 nitrogen and oxygen atoms in total. The molecule has 0 aliphatic carbocycles. The third-order valence-electron chi connectivity index (χ3n) is 3.32. The molecule has 0 aromatic heterocycles. The van der Waals surface area contributed by atoms with Gasteiger partial charge in [0.2, 0.25) is 0 Å². The van der Waals surface area contributed by atoms with Crippen LogP contribution in [0.4, 0.5) is 10.5 Å². The standard InChI is InChI=1S/C17H9BrN2O4/c18-13-7-11(3-6-14(13)21)8-15-16(22)20(17(23)24-15)12-4-1-10(9-19)2-5-12/h1-8,21H. The van der Waals surface area contributed by atoms with Crippen molar-refractivity contribution in [2.45, 2.75) is 0 Å². The first-order valence-electron chi connectivity index (χ1n) is 6.76. The number of phenols is 1. The van der Waals surface area contributed by atoms with Crippen molar-refractivity contribution in [3.63, 3.8) is 0 Å². The molecule has 0 atom stereocenters. The molecule has 0 saturated carbocycles. The van der Waals surface area contributed by atoms with Crippen molar-refractivity contribution in [2.75, 3.05) is 4.90 Å². The quantitative estimate of drug-likeness (QED) is 0.799. The van der Waals surface area contributed by atoms with E-state index in [4.69, 9.17) is 10.00 Å². The van der Waals surface area contributed by atoms with Gasteiger partial charge in [0.15, 0.2) is 5.76 Å². The number of nitriles is 1. The maximum absolute atomic E-state index is 12.4. The Labute approximate surface area is 145 Å². The van der Waals surface area contributed by atoms with Crippen LogP contribution in [-0.4, -0.2) is 17.1 Å². The Morgan fingerprint density at radius 1 is 1.17 bits per heavy atom. The number of hydrogen-bond acceptors (Lipinski definition) is 5. The molecular formula is C17H9BrN2O4. The summed E-state index contributed by atoms with van der Waals surface area (Å²) in [5.41, 5.74) is 1.32. The number of aromatic hydroxyl groups is 1. The van der Waals surface area contributed by atoms with E-state index in [-0.39, 0.29) is 11.5 Å². The Hall–Kier alpha value is -3.11. The molecule has 3 rings (SSSR count). The van der Waals surface area contributed by atoms with Gasteiger partial charge in [0.05, 0.1) is 21.8 Å². The van der Waals surface area contributed by atoms with Crippen LogP contribution in [0.25, 0.3) is 6.08 Å². The molecule has 2 aromatic carbocycles. The number of imide groups is 1. The minimum Gasteiger partial charge on any atom is -0.507 e. The summed E-state index contributed by atoms with van der Waals surface area (Å²) in [5.74, 6) is -0.665. The van der Waals surface area contributed by atoms with E-state index in [0.29, 0.717) is 21.3 Å². The molecule has 0 unspecified atom stereocenters. The van der Waals surface area contributed by atoms with Crippen LogP contribution in [0.2, 0.25) is 0 Å². The predicted octanol–water partition coefficient (Wildman–Crippen LogP) is 3.55. The van der Waals surface area contributed by atoms with Crippen molar-refractivity contribution in [2.24, 2.45) is 0 Å². The molecule has 0 spiro atoms. The number of anilines is 1. The number of rotatable bonds is 2. The number of benzene rings is 2. The molecule has 118 valence electrons. The number of carbonyl (C=O) groups excluding carboxylic acids is 2. The highest BCUT2D eigenvalue weighted by molar-refractivity contribution is 9.10. The van der Waals surface area contributed by atoms with Gasteiger partial charge in [-0.25, -0.2) is 9.69 Å². The second-order valence-electron chi connectivity index (χ2n) is 4.89. The molecule has 1 fully saturated rings. The van der Waals surface area contributed by atoms with E-state index in [0.717, 1.165) is 4.90 Å². The fourth-order valence-corrected chi connectivity index (χ4v) is 2.54. The molecule has 2 aromatic rings. The van der Waals surface area contributed by atoms with Crippen molar-refractivity contribution < 1.29 is 19.4 Å².